The molecule has 5 heteroatoms. The summed E-state index contributed by atoms with van der Waals surface area (Å²) in [6.45, 7) is 4.16. The summed E-state index contributed by atoms with van der Waals surface area (Å²) in [6, 6.07) is 4.12. The van der Waals surface area contributed by atoms with Crippen molar-refractivity contribution < 1.29 is 9.31 Å². The van der Waals surface area contributed by atoms with Crippen LogP contribution in [0.15, 0.2) is 18.2 Å². The standard InChI is InChI=1S/C13H19FN2O2/c1-3-4-5-6-10(2)15-11-7-8-12(14)13(9-11)16(17)18/h7-10,15H,3-6H2,1-2H3. The normalized spacial score (nSPS) is 12.2. The third-order valence-electron chi connectivity index (χ3n) is 2.80. The second-order valence-electron chi connectivity index (χ2n) is 4.46. The van der Waals surface area contributed by atoms with Gasteiger partial charge < -0.3 is 5.32 Å². The number of anilines is 1. The van der Waals surface area contributed by atoms with Crippen LogP contribution in [0, 0.1) is 15.9 Å². The first kappa shape index (κ1) is 14.4. The lowest BCUT2D eigenvalue weighted by Gasteiger charge is -2.14. The van der Waals surface area contributed by atoms with Gasteiger partial charge in [0.15, 0.2) is 0 Å². The number of benzene rings is 1. The Labute approximate surface area is 106 Å². The fourth-order valence-corrected chi connectivity index (χ4v) is 1.80. The highest BCUT2D eigenvalue weighted by molar-refractivity contribution is 5.52. The van der Waals surface area contributed by atoms with E-state index in [-0.39, 0.29) is 6.04 Å². The van der Waals surface area contributed by atoms with Crippen molar-refractivity contribution in [3.63, 3.8) is 0 Å². The second kappa shape index (κ2) is 6.93. The van der Waals surface area contributed by atoms with Crippen LogP contribution in [-0.4, -0.2) is 11.0 Å². The molecule has 1 atom stereocenters. The number of hydrogen-bond acceptors (Lipinski definition) is 3. The van der Waals surface area contributed by atoms with E-state index >= 15 is 0 Å². The van der Waals surface area contributed by atoms with Crippen LogP contribution >= 0.6 is 0 Å². The number of nitro benzene ring substituents is 1. The largest absolute Gasteiger partial charge is 0.382 e. The van der Waals surface area contributed by atoms with Crippen LogP contribution in [0.4, 0.5) is 15.8 Å². The first-order chi connectivity index (χ1) is 8.54. The van der Waals surface area contributed by atoms with Gasteiger partial charge >= 0.3 is 5.69 Å². The van der Waals surface area contributed by atoms with Crippen molar-refractivity contribution in [1.29, 1.82) is 0 Å². The van der Waals surface area contributed by atoms with Gasteiger partial charge in [0.05, 0.1) is 4.92 Å². The summed E-state index contributed by atoms with van der Waals surface area (Å²) in [5.41, 5.74) is 0.104. The Morgan fingerprint density at radius 3 is 2.78 bits per heavy atom. The maximum absolute atomic E-state index is 13.1. The van der Waals surface area contributed by atoms with Crippen molar-refractivity contribution in [2.24, 2.45) is 0 Å². The first-order valence-corrected chi connectivity index (χ1v) is 6.25. The van der Waals surface area contributed by atoms with E-state index in [0.717, 1.165) is 25.3 Å². The maximum Gasteiger partial charge on any atom is 0.306 e. The quantitative estimate of drug-likeness (QED) is 0.452. The highest BCUT2D eigenvalue weighted by Gasteiger charge is 2.14. The van der Waals surface area contributed by atoms with Crippen LogP contribution in [0.5, 0.6) is 0 Å². The Bertz CT molecular complexity index is 410. The Morgan fingerprint density at radius 2 is 2.17 bits per heavy atom. The second-order valence-corrected chi connectivity index (χ2v) is 4.46. The molecule has 0 saturated heterocycles. The minimum absolute atomic E-state index is 0.224. The molecular formula is C13H19FN2O2. The van der Waals surface area contributed by atoms with E-state index in [4.69, 9.17) is 0 Å². The van der Waals surface area contributed by atoms with Gasteiger partial charge in [0.25, 0.3) is 0 Å². The van der Waals surface area contributed by atoms with Crippen LogP contribution in [0.25, 0.3) is 0 Å². The van der Waals surface area contributed by atoms with Gasteiger partial charge in [-0.2, -0.15) is 4.39 Å². The predicted molar refractivity (Wildman–Crippen MR) is 70.3 cm³/mol. The molecule has 0 saturated carbocycles. The van der Waals surface area contributed by atoms with E-state index < -0.39 is 16.4 Å². The molecular weight excluding hydrogens is 235 g/mol. The fourth-order valence-electron chi connectivity index (χ4n) is 1.80. The lowest BCUT2D eigenvalue weighted by molar-refractivity contribution is -0.387. The van der Waals surface area contributed by atoms with E-state index in [0.29, 0.717) is 5.69 Å². The van der Waals surface area contributed by atoms with Crippen LogP contribution in [0.1, 0.15) is 39.5 Å². The van der Waals surface area contributed by atoms with Gasteiger partial charge in [0.1, 0.15) is 0 Å². The molecule has 1 N–H and O–H groups in total. The fraction of sp³-hybridized carbons (Fsp3) is 0.538. The number of nitrogens with zero attached hydrogens (tertiary/aromatic N) is 1. The lowest BCUT2D eigenvalue weighted by Crippen LogP contribution is -2.15. The molecule has 1 rings (SSSR count). The summed E-state index contributed by atoms with van der Waals surface area (Å²) in [6.07, 6.45) is 4.46. The molecule has 1 aromatic carbocycles. The smallest absolute Gasteiger partial charge is 0.306 e. The lowest BCUT2D eigenvalue weighted by atomic mass is 10.1. The first-order valence-electron chi connectivity index (χ1n) is 6.25. The van der Waals surface area contributed by atoms with Crippen molar-refractivity contribution in [3.05, 3.63) is 34.1 Å². The zero-order valence-corrected chi connectivity index (χ0v) is 10.8. The molecule has 0 heterocycles. The molecule has 0 bridgehead atoms. The van der Waals surface area contributed by atoms with Gasteiger partial charge in [0.2, 0.25) is 5.82 Å². The van der Waals surface area contributed by atoms with Gasteiger partial charge in [0, 0.05) is 17.8 Å². The number of hydrogen-bond donors (Lipinski definition) is 1. The molecule has 0 aromatic heterocycles. The predicted octanol–water partition coefficient (Wildman–Crippen LogP) is 4.11. The number of nitrogens with one attached hydrogen (secondary N) is 1. The molecule has 0 aliphatic rings. The molecule has 1 aromatic rings. The third-order valence-corrected chi connectivity index (χ3v) is 2.80. The summed E-state index contributed by atoms with van der Waals surface area (Å²) >= 11 is 0. The van der Waals surface area contributed by atoms with E-state index in [9.17, 15) is 14.5 Å². The van der Waals surface area contributed by atoms with Gasteiger partial charge in [-0.25, -0.2) is 0 Å². The number of halogens is 1. The molecule has 0 fully saturated rings. The van der Waals surface area contributed by atoms with Gasteiger partial charge in [-0.05, 0) is 25.5 Å². The molecule has 18 heavy (non-hydrogen) atoms. The average molecular weight is 254 g/mol. The Kier molecular flexibility index (Phi) is 5.55. The Morgan fingerprint density at radius 1 is 1.44 bits per heavy atom. The van der Waals surface area contributed by atoms with Crippen molar-refractivity contribution >= 4 is 11.4 Å². The number of rotatable bonds is 7. The highest BCUT2D eigenvalue weighted by atomic mass is 19.1. The summed E-state index contributed by atoms with van der Waals surface area (Å²) in [4.78, 5) is 9.90. The van der Waals surface area contributed by atoms with Gasteiger partial charge in [-0.15, -0.1) is 0 Å². The Hall–Kier alpha value is -1.65. The monoisotopic (exact) mass is 254 g/mol. The number of nitro groups is 1. The summed E-state index contributed by atoms with van der Waals surface area (Å²) in [5.74, 6) is -0.802. The van der Waals surface area contributed by atoms with E-state index in [2.05, 4.69) is 12.2 Å². The van der Waals surface area contributed by atoms with Crippen molar-refractivity contribution in [2.45, 2.75) is 45.6 Å². The van der Waals surface area contributed by atoms with Crippen molar-refractivity contribution in [1.82, 2.24) is 0 Å². The van der Waals surface area contributed by atoms with Crippen molar-refractivity contribution in [2.75, 3.05) is 5.32 Å². The highest BCUT2D eigenvalue weighted by Crippen LogP contribution is 2.22. The van der Waals surface area contributed by atoms with E-state index in [1.165, 1.54) is 18.6 Å². The average Bonchev–Trinajstić information content (AvgIpc) is 2.31. The minimum atomic E-state index is -0.802. The summed E-state index contributed by atoms with van der Waals surface area (Å²) in [7, 11) is 0. The van der Waals surface area contributed by atoms with Crippen molar-refractivity contribution in [3.8, 4) is 0 Å². The van der Waals surface area contributed by atoms with Gasteiger partial charge in [-0.1, -0.05) is 26.2 Å². The molecule has 0 spiro atoms. The van der Waals surface area contributed by atoms with Crippen LogP contribution in [0.3, 0.4) is 0 Å². The molecule has 4 nitrogen and oxygen atoms in total. The van der Waals surface area contributed by atoms with Crippen LogP contribution in [-0.2, 0) is 0 Å². The van der Waals surface area contributed by atoms with Gasteiger partial charge in [-0.3, -0.25) is 10.1 Å². The zero-order chi connectivity index (χ0) is 13.5. The summed E-state index contributed by atoms with van der Waals surface area (Å²) in [5, 5.41) is 13.8. The molecule has 0 amide bonds. The molecule has 0 aliphatic carbocycles. The maximum atomic E-state index is 13.1. The molecule has 0 aliphatic heterocycles. The molecule has 0 radical (unpaired) electrons. The number of unbranched alkanes of at least 4 members (excludes halogenated alkanes) is 2. The Balaban J connectivity index is 2.62. The molecule has 1 unspecified atom stereocenters. The van der Waals surface area contributed by atoms with E-state index in [1.54, 1.807) is 0 Å². The SMILES string of the molecule is CCCCCC(C)Nc1ccc(F)c([N+](=O)[O-])c1. The van der Waals surface area contributed by atoms with Crippen LogP contribution in [0.2, 0.25) is 0 Å². The van der Waals surface area contributed by atoms with Crippen LogP contribution < -0.4 is 5.32 Å². The zero-order valence-electron chi connectivity index (χ0n) is 10.8. The third kappa shape index (κ3) is 4.31. The van der Waals surface area contributed by atoms with E-state index in [1.807, 2.05) is 6.92 Å². The summed E-state index contributed by atoms with van der Waals surface area (Å²) < 4.78 is 13.1. The molecule has 100 valence electrons. The minimum Gasteiger partial charge on any atom is -0.382 e. The topological polar surface area (TPSA) is 55.2 Å².